The van der Waals surface area contributed by atoms with Gasteiger partial charge in [0.05, 0.1) is 17.4 Å². The average Bonchev–Trinajstić information content (AvgIpc) is 2.94. The lowest BCUT2D eigenvalue weighted by Gasteiger charge is -2.10. The van der Waals surface area contributed by atoms with Gasteiger partial charge in [0.25, 0.3) is 0 Å². The number of anilines is 1. The van der Waals surface area contributed by atoms with Crippen LogP contribution in [-0.4, -0.2) is 27.7 Å². The molecular formula is C18H19F3N4O. The minimum Gasteiger partial charge on any atom is -0.406 e. The highest BCUT2D eigenvalue weighted by Gasteiger charge is 2.31. The van der Waals surface area contributed by atoms with Gasteiger partial charge in [0.2, 0.25) is 0 Å². The number of aromatic nitrogens is 3. The number of nitrogens with zero attached hydrogens (tertiary/aromatic N) is 3. The molecule has 3 rings (SSSR count). The van der Waals surface area contributed by atoms with Crippen molar-refractivity contribution >= 4 is 16.7 Å². The second-order valence-electron chi connectivity index (χ2n) is 6.39. The Hall–Kier alpha value is -2.77. The zero-order valence-electron chi connectivity index (χ0n) is 14.4. The fourth-order valence-electron chi connectivity index (χ4n) is 2.54. The summed E-state index contributed by atoms with van der Waals surface area (Å²) >= 11 is 0. The second kappa shape index (κ2) is 7.23. The number of nitrogens with one attached hydrogen (secondary N) is 1. The number of benzene rings is 1. The van der Waals surface area contributed by atoms with Gasteiger partial charge in [-0.1, -0.05) is 26.0 Å². The first-order chi connectivity index (χ1) is 12.3. The van der Waals surface area contributed by atoms with E-state index >= 15 is 0 Å². The van der Waals surface area contributed by atoms with Crippen molar-refractivity contribution in [3.63, 3.8) is 0 Å². The summed E-state index contributed by atoms with van der Waals surface area (Å²) in [6, 6.07) is 7.68. The highest BCUT2D eigenvalue weighted by Crippen LogP contribution is 2.24. The van der Waals surface area contributed by atoms with Crippen LogP contribution in [0.4, 0.5) is 19.0 Å². The molecule has 2 heterocycles. The van der Waals surface area contributed by atoms with Crippen molar-refractivity contribution < 1.29 is 17.9 Å². The Bertz CT molecular complexity index is 890. The first kappa shape index (κ1) is 18.0. The van der Waals surface area contributed by atoms with Crippen molar-refractivity contribution in [2.45, 2.75) is 26.8 Å². The number of ether oxygens (including phenoxy) is 1. The van der Waals surface area contributed by atoms with Gasteiger partial charge in [-0.15, -0.1) is 13.2 Å². The Balaban J connectivity index is 1.81. The van der Waals surface area contributed by atoms with Crippen LogP contribution in [0.5, 0.6) is 5.75 Å². The number of pyridine rings is 1. The topological polar surface area (TPSA) is 52.0 Å². The van der Waals surface area contributed by atoms with Crippen LogP contribution in [-0.2, 0) is 6.54 Å². The smallest absolute Gasteiger partial charge is 0.406 e. The Labute approximate surface area is 148 Å². The van der Waals surface area contributed by atoms with Gasteiger partial charge >= 0.3 is 6.36 Å². The van der Waals surface area contributed by atoms with Crippen molar-refractivity contribution in [2.24, 2.45) is 5.92 Å². The van der Waals surface area contributed by atoms with Crippen LogP contribution in [0.1, 0.15) is 19.4 Å². The molecular weight excluding hydrogens is 345 g/mol. The van der Waals surface area contributed by atoms with Crippen molar-refractivity contribution in [2.75, 3.05) is 11.9 Å². The summed E-state index contributed by atoms with van der Waals surface area (Å²) in [6.45, 7) is 5.32. The molecule has 0 radical (unpaired) electrons. The second-order valence-corrected chi connectivity index (χ2v) is 6.39. The van der Waals surface area contributed by atoms with Gasteiger partial charge in [0.15, 0.2) is 0 Å². The van der Waals surface area contributed by atoms with E-state index in [4.69, 9.17) is 0 Å². The molecule has 0 aliphatic rings. The van der Waals surface area contributed by atoms with Gasteiger partial charge in [-0.05, 0) is 29.7 Å². The monoisotopic (exact) mass is 364 g/mol. The molecule has 1 N–H and O–H groups in total. The van der Waals surface area contributed by atoms with E-state index in [2.05, 4.69) is 34.0 Å². The predicted molar refractivity (Wildman–Crippen MR) is 93.1 cm³/mol. The summed E-state index contributed by atoms with van der Waals surface area (Å²) in [6.07, 6.45) is -1.19. The molecule has 0 saturated carbocycles. The summed E-state index contributed by atoms with van der Waals surface area (Å²) in [5.41, 5.74) is 1.43. The Morgan fingerprint density at radius 2 is 2.04 bits per heavy atom. The summed E-state index contributed by atoms with van der Waals surface area (Å²) in [4.78, 5) is 4.34. The molecule has 26 heavy (non-hydrogen) atoms. The number of hydrogen-bond acceptors (Lipinski definition) is 4. The SMILES string of the molecule is CC(C)CNc1nccc2nn(Cc3cccc(OC(F)(F)F)c3)cc12. The predicted octanol–water partition coefficient (Wildman–Crippen LogP) is 4.45. The number of rotatable bonds is 6. The normalized spacial score (nSPS) is 11.9. The lowest BCUT2D eigenvalue weighted by molar-refractivity contribution is -0.274. The molecule has 8 heteroatoms. The zero-order valence-corrected chi connectivity index (χ0v) is 14.4. The molecule has 0 spiro atoms. The van der Waals surface area contributed by atoms with Crippen molar-refractivity contribution in [1.29, 1.82) is 0 Å². The van der Waals surface area contributed by atoms with Gasteiger partial charge in [-0.2, -0.15) is 5.10 Å². The standard InChI is InChI=1S/C18H19F3N4O/c1-12(2)9-23-17-15-11-25(24-16(15)6-7-22-17)10-13-4-3-5-14(8-13)26-18(19,20)21/h3-8,11-12H,9-10H2,1-2H3,(H,22,23). The molecule has 0 saturated heterocycles. The summed E-state index contributed by atoms with van der Waals surface area (Å²) in [5, 5.41) is 8.63. The summed E-state index contributed by atoms with van der Waals surface area (Å²) < 4.78 is 42.7. The summed E-state index contributed by atoms with van der Waals surface area (Å²) in [7, 11) is 0. The third-order valence-electron chi connectivity index (χ3n) is 3.64. The number of fused-ring (bicyclic) bond motifs is 1. The lowest BCUT2D eigenvalue weighted by Crippen LogP contribution is -2.17. The largest absolute Gasteiger partial charge is 0.573 e. The minimum absolute atomic E-state index is 0.243. The van der Waals surface area contributed by atoms with Gasteiger partial charge in [-0.3, -0.25) is 4.68 Å². The van der Waals surface area contributed by atoms with E-state index in [-0.39, 0.29) is 5.75 Å². The molecule has 0 fully saturated rings. The Morgan fingerprint density at radius 1 is 1.23 bits per heavy atom. The Kier molecular flexibility index (Phi) is 5.01. The number of hydrogen-bond donors (Lipinski definition) is 1. The molecule has 0 unspecified atom stereocenters. The fourth-order valence-corrected chi connectivity index (χ4v) is 2.54. The van der Waals surface area contributed by atoms with Gasteiger partial charge < -0.3 is 10.1 Å². The molecule has 0 aliphatic carbocycles. The number of halogens is 3. The quantitative estimate of drug-likeness (QED) is 0.702. The van der Waals surface area contributed by atoms with Crippen LogP contribution in [0.2, 0.25) is 0 Å². The third kappa shape index (κ3) is 4.65. The number of alkyl halides is 3. The van der Waals surface area contributed by atoms with Crippen LogP contribution in [0.25, 0.3) is 10.9 Å². The summed E-state index contributed by atoms with van der Waals surface area (Å²) in [5.74, 6) is 0.975. The lowest BCUT2D eigenvalue weighted by atomic mass is 10.2. The first-order valence-corrected chi connectivity index (χ1v) is 8.21. The van der Waals surface area contributed by atoms with Crippen LogP contribution >= 0.6 is 0 Å². The van der Waals surface area contributed by atoms with Crippen LogP contribution < -0.4 is 10.1 Å². The molecule has 3 aromatic rings. The average molecular weight is 364 g/mol. The highest BCUT2D eigenvalue weighted by molar-refractivity contribution is 5.88. The highest BCUT2D eigenvalue weighted by atomic mass is 19.4. The van der Waals surface area contributed by atoms with E-state index in [1.54, 1.807) is 23.0 Å². The van der Waals surface area contributed by atoms with E-state index in [0.29, 0.717) is 18.0 Å². The van der Waals surface area contributed by atoms with Gasteiger partial charge in [-0.25, -0.2) is 4.98 Å². The fraction of sp³-hybridized carbons (Fsp3) is 0.333. The maximum absolute atomic E-state index is 12.4. The molecule has 0 atom stereocenters. The van der Waals surface area contributed by atoms with E-state index < -0.39 is 6.36 Å². The van der Waals surface area contributed by atoms with E-state index in [1.165, 1.54) is 18.2 Å². The van der Waals surface area contributed by atoms with Gasteiger partial charge in [0, 0.05) is 18.9 Å². The molecule has 0 amide bonds. The third-order valence-corrected chi connectivity index (χ3v) is 3.64. The maximum Gasteiger partial charge on any atom is 0.573 e. The van der Waals surface area contributed by atoms with Crippen molar-refractivity contribution in [3.05, 3.63) is 48.3 Å². The molecule has 138 valence electrons. The molecule has 2 aromatic heterocycles. The molecule has 0 bridgehead atoms. The maximum atomic E-state index is 12.4. The molecule has 1 aromatic carbocycles. The van der Waals surface area contributed by atoms with E-state index in [0.717, 1.165) is 23.3 Å². The molecule has 0 aliphatic heterocycles. The van der Waals surface area contributed by atoms with E-state index in [9.17, 15) is 13.2 Å². The van der Waals surface area contributed by atoms with Crippen molar-refractivity contribution in [3.8, 4) is 5.75 Å². The van der Waals surface area contributed by atoms with Crippen LogP contribution in [0.15, 0.2) is 42.7 Å². The van der Waals surface area contributed by atoms with Gasteiger partial charge in [0.1, 0.15) is 11.6 Å². The van der Waals surface area contributed by atoms with Crippen molar-refractivity contribution in [1.82, 2.24) is 14.8 Å². The first-order valence-electron chi connectivity index (χ1n) is 8.21. The van der Waals surface area contributed by atoms with E-state index in [1.807, 2.05) is 6.20 Å². The minimum atomic E-state index is -4.71. The Morgan fingerprint density at radius 3 is 2.77 bits per heavy atom. The van der Waals surface area contributed by atoms with Crippen LogP contribution in [0.3, 0.4) is 0 Å². The zero-order chi connectivity index (χ0) is 18.7. The molecule has 5 nitrogen and oxygen atoms in total. The van der Waals surface area contributed by atoms with Crippen LogP contribution in [0, 0.1) is 5.92 Å².